The smallest absolute Gasteiger partial charge is 0.122 e. The van der Waals surface area contributed by atoms with Crippen LogP contribution in [0.2, 0.25) is 0 Å². The topological polar surface area (TPSA) is 38.5 Å². The fourth-order valence-electron chi connectivity index (χ4n) is 2.89. The van der Waals surface area contributed by atoms with Gasteiger partial charge in [0.2, 0.25) is 0 Å². The lowest BCUT2D eigenvalue weighted by Gasteiger charge is -2.30. The molecule has 1 heterocycles. The highest BCUT2D eigenvalue weighted by Crippen LogP contribution is 2.31. The monoisotopic (exact) mass is 282 g/mol. The van der Waals surface area contributed by atoms with Gasteiger partial charge in [0.25, 0.3) is 0 Å². The van der Waals surface area contributed by atoms with Gasteiger partial charge in [0, 0.05) is 25.7 Å². The summed E-state index contributed by atoms with van der Waals surface area (Å²) >= 11 is 0. The molecule has 3 nitrogen and oxygen atoms in total. The lowest BCUT2D eigenvalue weighted by Crippen LogP contribution is -2.30. The van der Waals surface area contributed by atoms with Crippen LogP contribution in [0.25, 0.3) is 0 Å². The fourth-order valence-corrected chi connectivity index (χ4v) is 2.89. The van der Waals surface area contributed by atoms with Crippen LogP contribution in [0, 0.1) is 6.92 Å². The van der Waals surface area contributed by atoms with Gasteiger partial charge in [0.05, 0.1) is 12.6 Å². The molecule has 2 N–H and O–H groups in total. The first-order chi connectivity index (χ1) is 10.2. The molecule has 0 radical (unpaired) electrons. The highest BCUT2D eigenvalue weighted by molar-refractivity contribution is 5.50. The van der Waals surface area contributed by atoms with Gasteiger partial charge in [-0.15, -0.1) is 0 Å². The molecule has 1 aliphatic rings. The quantitative estimate of drug-likeness (QED) is 0.936. The lowest BCUT2D eigenvalue weighted by molar-refractivity contribution is 0.357. The Morgan fingerprint density at radius 1 is 1.19 bits per heavy atom. The molecule has 3 heteroatoms. The van der Waals surface area contributed by atoms with Crippen LogP contribution in [-0.2, 0) is 6.42 Å². The van der Waals surface area contributed by atoms with Crippen molar-refractivity contribution in [3.8, 4) is 5.75 Å². The zero-order valence-electron chi connectivity index (χ0n) is 12.7. The molecule has 3 rings (SSSR count). The average Bonchev–Trinajstić information content (AvgIpc) is 2.96. The Balaban J connectivity index is 1.88. The van der Waals surface area contributed by atoms with Crippen molar-refractivity contribution in [3.63, 3.8) is 0 Å². The minimum Gasteiger partial charge on any atom is -0.493 e. The highest BCUT2D eigenvalue weighted by Gasteiger charge is 2.19. The van der Waals surface area contributed by atoms with Crippen LogP contribution < -0.4 is 15.4 Å². The Bertz CT molecular complexity index is 622. The number of aryl methyl sites for hydroxylation is 1. The molecule has 110 valence electrons. The van der Waals surface area contributed by atoms with Crippen molar-refractivity contribution >= 4 is 5.69 Å². The van der Waals surface area contributed by atoms with E-state index < -0.39 is 0 Å². The third kappa shape index (κ3) is 2.74. The Kier molecular flexibility index (Phi) is 3.84. The number of hydrogen-bond acceptors (Lipinski definition) is 3. The summed E-state index contributed by atoms with van der Waals surface area (Å²) in [5.41, 5.74) is 11.1. The number of ether oxygens (including phenoxy) is 1. The van der Waals surface area contributed by atoms with Crippen LogP contribution in [0.3, 0.4) is 0 Å². The standard InChI is InChI=1S/C18H22N2O/c1-13-3-6-16(7-4-13)20(2)17(12-19)14-5-8-18-15(11-14)9-10-21-18/h3-8,11,17H,9-10,12,19H2,1-2H3. The van der Waals surface area contributed by atoms with Gasteiger partial charge >= 0.3 is 0 Å². The molecular weight excluding hydrogens is 260 g/mol. The van der Waals surface area contributed by atoms with Crippen LogP contribution in [-0.4, -0.2) is 20.2 Å². The van der Waals surface area contributed by atoms with Gasteiger partial charge in [0.15, 0.2) is 0 Å². The van der Waals surface area contributed by atoms with Gasteiger partial charge < -0.3 is 15.4 Å². The largest absolute Gasteiger partial charge is 0.493 e. The maximum atomic E-state index is 6.05. The number of nitrogens with zero attached hydrogens (tertiary/aromatic N) is 1. The molecular formula is C18H22N2O. The molecule has 1 unspecified atom stereocenters. The number of anilines is 1. The summed E-state index contributed by atoms with van der Waals surface area (Å²) in [5.74, 6) is 1.02. The van der Waals surface area contributed by atoms with Gasteiger partial charge in [0.1, 0.15) is 5.75 Å². The van der Waals surface area contributed by atoms with E-state index in [-0.39, 0.29) is 6.04 Å². The molecule has 0 aromatic heterocycles. The first kappa shape index (κ1) is 14.0. The normalized spacial score (nSPS) is 14.4. The minimum atomic E-state index is 0.179. The molecule has 0 fully saturated rings. The van der Waals surface area contributed by atoms with Crippen molar-refractivity contribution in [2.75, 3.05) is 25.1 Å². The van der Waals surface area contributed by atoms with Gasteiger partial charge in [-0.1, -0.05) is 23.8 Å². The maximum absolute atomic E-state index is 6.05. The predicted molar refractivity (Wildman–Crippen MR) is 87.0 cm³/mol. The number of likely N-dealkylation sites (N-methyl/N-ethyl adjacent to an activating group) is 1. The first-order valence-corrected chi connectivity index (χ1v) is 7.44. The molecule has 2 aromatic carbocycles. The number of hydrogen-bond donors (Lipinski definition) is 1. The van der Waals surface area contributed by atoms with E-state index >= 15 is 0 Å². The van der Waals surface area contributed by atoms with Gasteiger partial charge in [-0.2, -0.15) is 0 Å². The van der Waals surface area contributed by atoms with E-state index in [9.17, 15) is 0 Å². The molecule has 21 heavy (non-hydrogen) atoms. The molecule has 0 amide bonds. The molecule has 1 aliphatic heterocycles. The second-order valence-corrected chi connectivity index (χ2v) is 5.66. The Labute approximate surface area is 126 Å². The minimum absolute atomic E-state index is 0.179. The average molecular weight is 282 g/mol. The zero-order chi connectivity index (χ0) is 14.8. The van der Waals surface area contributed by atoms with E-state index in [0.29, 0.717) is 6.54 Å². The number of fused-ring (bicyclic) bond motifs is 1. The summed E-state index contributed by atoms with van der Waals surface area (Å²) in [6.07, 6.45) is 0.995. The number of rotatable bonds is 4. The van der Waals surface area contributed by atoms with Gasteiger partial charge in [-0.25, -0.2) is 0 Å². The van der Waals surface area contributed by atoms with Crippen molar-refractivity contribution in [1.82, 2.24) is 0 Å². The van der Waals surface area contributed by atoms with Crippen molar-refractivity contribution in [2.45, 2.75) is 19.4 Å². The van der Waals surface area contributed by atoms with Crippen molar-refractivity contribution in [1.29, 1.82) is 0 Å². The van der Waals surface area contributed by atoms with Crippen LogP contribution >= 0.6 is 0 Å². The molecule has 0 bridgehead atoms. The van der Waals surface area contributed by atoms with Crippen molar-refractivity contribution in [2.24, 2.45) is 5.73 Å². The molecule has 2 aromatic rings. The summed E-state index contributed by atoms with van der Waals surface area (Å²) < 4.78 is 5.58. The Morgan fingerprint density at radius 3 is 2.67 bits per heavy atom. The van der Waals surface area contributed by atoms with E-state index in [2.05, 4.69) is 61.3 Å². The van der Waals surface area contributed by atoms with Crippen LogP contribution in [0.15, 0.2) is 42.5 Å². The third-order valence-electron chi connectivity index (χ3n) is 4.23. The number of nitrogens with two attached hydrogens (primary N) is 1. The van der Waals surface area contributed by atoms with Crippen LogP contribution in [0.1, 0.15) is 22.7 Å². The van der Waals surface area contributed by atoms with Gasteiger partial charge in [-0.05, 0) is 42.3 Å². The third-order valence-corrected chi connectivity index (χ3v) is 4.23. The van der Waals surface area contributed by atoms with E-state index in [1.54, 1.807) is 0 Å². The SMILES string of the molecule is Cc1ccc(N(C)C(CN)c2ccc3c(c2)CCO3)cc1. The molecule has 0 aliphatic carbocycles. The summed E-state index contributed by atoms with van der Waals surface area (Å²) in [6, 6.07) is 15.2. The molecule has 0 spiro atoms. The van der Waals surface area contributed by atoms with Crippen LogP contribution in [0.5, 0.6) is 5.75 Å². The molecule has 0 saturated heterocycles. The van der Waals surface area contributed by atoms with Crippen LogP contribution in [0.4, 0.5) is 5.69 Å². The van der Waals surface area contributed by atoms with Crippen molar-refractivity contribution < 1.29 is 4.74 Å². The Hall–Kier alpha value is -2.00. The fraction of sp³-hybridized carbons (Fsp3) is 0.333. The summed E-state index contributed by atoms with van der Waals surface area (Å²) in [7, 11) is 2.10. The summed E-state index contributed by atoms with van der Waals surface area (Å²) in [6.45, 7) is 3.48. The Morgan fingerprint density at radius 2 is 1.95 bits per heavy atom. The second-order valence-electron chi connectivity index (χ2n) is 5.66. The van der Waals surface area contributed by atoms with Crippen molar-refractivity contribution in [3.05, 3.63) is 59.2 Å². The second kappa shape index (κ2) is 5.78. The van der Waals surface area contributed by atoms with E-state index in [4.69, 9.17) is 10.5 Å². The zero-order valence-corrected chi connectivity index (χ0v) is 12.7. The summed E-state index contributed by atoms with van der Waals surface area (Å²) in [4.78, 5) is 2.25. The first-order valence-electron chi connectivity index (χ1n) is 7.44. The predicted octanol–water partition coefficient (Wildman–Crippen LogP) is 3.07. The van der Waals surface area contributed by atoms with E-state index in [1.807, 2.05) is 0 Å². The van der Waals surface area contributed by atoms with Gasteiger partial charge in [-0.3, -0.25) is 0 Å². The van der Waals surface area contributed by atoms with E-state index in [0.717, 1.165) is 18.8 Å². The lowest BCUT2D eigenvalue weighted by atomic mass is 10.0. The van der Waals surface area contributed by atoms with E-state index in [1.165, 1.54) is 22.4 Å². The number of benzene rings is 2. The maximum Gasteiger partial charge on any atom is 0.122 e. The highest BCUT2D eigenvalue weighted by atomic mass is 16.5. The molecule has 1 atom stereocenters. The molecule has 0 saturated carbocycles. The summed E-state index contributed by atoms with van der Waals surface area (Å²) in [5, 5.41) is 0.